The number of aliphatic hydroxyl groups excluding tert-OH is 1. The number of aliphatic hydroxyl groups is 1. The zero-order valence-electron chi connectivity index (χ0n) is 10.1. The van der Waals surface area contributed by atoms with Gasteiger partial charge in [-0.05, 0) is 24.8 Å². The molecule has 0 spiro atoms. The van der Waals surface area contributed by atoms with Gasteiger partial charge in [-0.25, -0.2) is 0 Å². The molecule has 1 fully saturated rings. The topological polar surface area (TPSA) is 29.5 Å². The highest BCUT2D eigenvalue weighted by Gasteiger charge is 2.32. The SMILES string of the molecule is OC1C[C@@H](C2CCCCC2)Oc2ccccc21. The highest BCUT2D eigenvalue weighted by atomic mass is 16.5. The summed E-state index contributed by atoms with van der Waals surface area (Å²) in [6, 6.07) is 7.89. The Morgan fingerprint density at radius 2 is 1.82 bits per heavy atom. The number of rotatable bonds is 1. The van der Waals surface area contributed by atoms with Gasteiger partial charge in [0.25, 0.3) is 0 Å². The largest absolute Gasteiger partial charge is 0.490 e. The molecule has 0 aromatic heterocycles. The van der Waals surface area contributed by atoms with Crippen molar-refractivity contribution in [3.63, 3.8) is 0 Å². The first-order chi connectivity index (χ1) is 8.34. The second-order valence-corrected chi connectivity index (χ2v) is 5.34. The lowest BCUT2D eigenvalue weighted by Crippen LogP contribution is -2.33. The molecule has 3 rings (SSSR count). The van der Waals surface area contributed by atoms with Crippen molar-refractivity contribution in [1.29, 1.82) is 0 Å². The molecule has 1 aromatic carbocycles. The predicted molar refractivity (Wildman–Crippen MR) is 67.0 cm³/mol. The fourth-order valence-corrected chi connectivity index (χ4v) is 3.22. The van der Waals surface area contributed by atoms with E-state index in [0.717, 1.165) is 17.7 Å². The Morgan fingerprint density at radius 3 is 2.65 bits per heavy atom. The second kappa shape index (κ2) is 4.69. The van der Waals surface area contributed by atoms with Gasteiger partial charge in [0, 0.05) is 12.0 Å². The van der Waals surface area contributed by atoms with Gasteiger partial charge in [-0.1, -0.05) is 37.5 Å². The highest BCUT2D eigenvalue weighted by Crippen LogP contribution is 2.39. The minimum absolute atomic E-state index is 0.222. The lowest BCUT2D eigenvalue weighted by atomic mass is 9.81. The Bertz CT molecular complexity index is 382. The van der Waals surface area contributed by atoms with Crippen molar-refractivity contribution in [1.82, 2.24) is 0 Å². The molecule has 2 atom stereocenters. The minimum atomic E-state index is -0.341. The van der Waals surface area contributed by atoms with Crippen LogP contribution >= 0.6 is 0 Å². The molecule has 1 aromatic rings. The molecule has 1 heterocycles. The minimum Gasteiger partial charge on any atom is -0.490 e. The summed E-state index contributed by atoms with van der Waals surface area (Å²) in [5.41, 5.74) is 0.958. The Morgan fingerprint density at radius 1 is 1.06 bits per heavy atom. The number of hydrogen-bond donors (Lipinski definition) is 1. The first kappa shape index (κ1) is 11.1. The molecule has 1 aliphatic carbocycles. The number of para-hydroxylation sites is 1. The average Bonchev–Trinajstić information content (AvgIpc) is 2.40. The van der Waals surface area contributed by atoms with Gasteiger partial charge in [0.05, 0.1) is 6.10 Å². The molecular formula is C15H20O2. The smallest absolute Gasteiger partial charge is 0.125 e. The Labute approximate surface area is 103 Å². The Hall–Kier alpha value is -1.02. The zero-order chi connectivity index (χ0) is 11.7. The van der Waals surface area contributed by atoms with Crippen LogP contribution in [0.4, 0.5) is 0 Å². The molecule has 0 bridgehead atoms. The molecule has 1 aliphatic heterocycles. The van der Waals surface area contributed by atoms with E-state index in [-0.39, 0.29) is 12.2 Å². The van der Waals surface area contributed by atoms with Gasteiger partial charge in [0.1, 0.15) is 11.9 Å². The molecule has 2 heteroatoms. The van der Waals surface area contributed by atoms with Crippen LogP contribution in [0.2, 0.25) is 0 Å². The summed E-state index contributed by atoms with van der Waals surface area (Å²) in [6.07, 6.45) is 7.18. The number of hydrogen-bond acceptors (Lipinski definition) is 2. The third-order valence-electron chi connectivity index (χ3n) is 4.19. The third-order valence-corrected chi connectivity index (χ3v) is 4.19. The molecule has 0 radical (unpaired) electrons. The van der Waals surface area contributed by atoms with Crippen LogP contribution in [0.5, 0.6) is 5.75 Å². The van der Waals surface area contributed by atoms with Gasteiger partial charge >= 0.3 is 0 Å². The van der Waals surface area contributed by atoms with E-state index in [1.165, 1.54) is 32.1 Å². The molecule has 17 heavy (non-hydrogen) atoms. The van der Waals surface area contributed by atoms with Crippen LogP contribution in [0.1, 0.15) is 50.2 Å². The lowest BCUT2D eigenvalue weighted by molar-refractivity contribution is 0.0234. The summed E-state index contributed by atoms with van der Waals surface area (Å²) < 4.78 is 6.08. The zero-order valence-corrected chi connectivity index (χ0v) is 10.1. The normalized spacial score (nSPS) is 29.5. The maximum atomic E-state index is 10.2. The maximum Gasteiger partial charge on any atom is 0.125 e. The molecular weight excluding hydrogens is 212 g/mol. The van der Waals surface area contributed by atoms with Crippen molar-refractivity contribution >= 4 is 0 Å². The molecule has 1 unspecified atom stereocenters. The molecule has 0 amide bonds. The quantitative estimate of drug-likeness (QED) is 0.803. The molecule has 2 aliphatic rings. The standard InChI is InChI=1S/C15H20O2/c16-13-10-15(11-6-2-1-3-7-11)17-14-9-5-4-8-12(13)14/h4-5,8-9,11,13,15-16H,1-3,6-7,10H2/t13?,15-/m0/s1. The molecule has 92 valence electrons. The van der Waals surface area contributed by atoms with Crippen LogP contribution in [-0.2, 0) is 0 Å². The van der Waals surface area contributed by atoms with Crippen LogP contribution < -0.4 is 4.74 Å². The summed E-state index contributed by atoms with van der Waals surface area (Å²) in [6.45, 7) is 0. The van der Waals surface area contributed by atoms with E-state index in [4.69, 9.17) is 4.74 Å². The summed E-state index contributed by atoms with van der Waals surface area (Å²) in [5, 5.41) is 10.2. The monoisotopic (exact) mass is 232 g/mol. The van der Waals surface area contributed by atoms with Gasteiger partial charge < -0.3 is 9.84 Å². The van der Waals surface area contributed by atoms with Crippen molar-refractivity contribution in [2.45, 2.75) is 50.7 Å². The lowest BCUT2D eigenvalue weighted by Gasteiger charge is -2.36. The van der Waals surface area contributed by atoms with E-state index in [9.17, 15) is 5.11 Å². The number of ether oxygens (including phenoxy) is 1. The summed E-state index contributed by atoms with van der Waals surface area (Å²) in [7, 11) is 0. The van der Waals surface area contributed by atoms with E-state index in [1.54, 1.807) is 0 Å². The van der Waals surface area contributed by atoms with Crippen molar-refractivity contribution < 1.29 is 9.84 Å². The fourth-order valence-electron chi connectivity index (χ4n) is 3.22. The third kappa shape index (κ3) is 2.19. The van der Waals surface area contributed by atoms with Crippen molar-refractivity contribution in [2.24, 2.45) is 5.92 Å². The highest BCUT2D eigenvalue weighted by molar-refractivity contribution is 5.37. The van der Waals surface area contributed by atoms with E-state index in [2.05, 4.69) is 0 Å². The van der Waals surface area contributed by atoms with Gasteiger partial charge in [-0.2, -0.15) is 0 Å². The van der Waals surface area contributed by atoms with Crippen LogP contribution in [0.3, 0.4) is 0 Å². The van der Waals surface area contributed by atoms with Crippen molar-refractivity contribution in [3.8, 4) is 5.75 Å². The first-order valence-electron chi connectivity index (χ1n) is 6.78. The van der Waals surface area contributed by atoms with Gasteiger partial charge in [-0.15, -0.1) is 0 Å². The summed E-state index contributed by atoms with van der Waals surface area (Å²) in [5.74, 6) is 1.54. The number of benzene rings is 1. The van der Waals surface area contributed by atoms with Crippen molar-refractivity contribution in [2.75, 3.05) is 0 Å². The van der Waals surface area contributed by atoms with Gasteiger partial charge in [0.2, 0.25) is 0 Å². The fraction of sp³-hybridized carbons (Fsp3) is 0.600. The molecule has 0 saturated heterocycles. The predicted octanol–water partition coefficient (Wildman–Crippen LogP) is 3.45. The first-order valence-corrected chi connectivity index (χ1v) is 6.78. The van der Waals surface area contributed by atoms with Crippen molar-refractivity contribution in [3.05, 3.63) is 29.8 Å². The van der Waals surface area contributed by atoms with Crippen LogP contribution in [0.25, 0.3) is 0 Å². The van der Waals surface area contributed by atoms with Gasteiger partial charge in [0.15, 0.2) is 0 Å². The maximum absolute atomic E-state index is 10.2. The van der Waals surface area contributed by atoms with E-state index < -0.39 is 0 Å². The summed E-state index contributed by atoms with van der Waals surface area (Å²) >= 11 is 0. The van der Waals surface area contributed by atoms with Crippen LogP contribution in [-0.4, -0.2) is 11.2 Å². The molecule has 2 nitrogen and oxygen atoms in total. The average molecular weight is 232 g/mol. The van der Waals surface area contributed by atoms with Gasteiger partial charge in [-0.3, -0.25) is 0 Å². The second-order valence-electron chi connectivity index (χ2n) is 5.34. The Balaban J connectivity index is 1.78. The van der Waals surface area contributed by atoms with Crippen LogP contribution in [0, 0.1) is 5.92 Å². The molecule has 1 saturated carbocycles. The summed E-state index contributed by atoms with van der Waals surface area (Å²) in [4.78, 5) is 0. The van der Waals surface area contributed by atoms with E-state index >= 15 is 0 Å². The Kier molecular flexibility index (Phi) is 3.06. The van der Waals surface area contributed by atoms with Crippen LogP contribution in [0.15, 0.2) is 24.3 Å². The number of fused-ring (bicyclic) bond motifs is 1. The molecule has 1 N–H and O–H groups in total. The van der Waals surface area contributed by atoms with E-state index in [0.29, 0.717) is 5.92 Å². The van der Waals surface area contributed by atoms with E-state index in [1.807, 2.05) is 24.3 Å².